The lowest BCUT2D eigenvalue weighted by Crippen LogP contribution is -2.43. The summed E-state index contributed by atoms with van der Waals surface area (Å²) in [7, 11) is 0. The van der Waals surface area contributed by atoms with E-state index < -0.39 is 12.1 Å². The molecule has 80 valence electrons. The number of amides is 2. The molecule has 1 fully saturated rings. The summed E-state index contributed by atoms with van der Waals surface area (Å²) >= 11 is 0. The van der Waals surface area contributed by atoms with E-state index in [0.29, 0.717) is 13.1 Å². The van der Waals surface area contributed by atoms with Crippen LogP contribution in [0.25, 0.3) is 0 Å². The molecule has 0 spiro atoms. The summed E-state index contributed by atoms with van der Waals surface area (Å²) in [4.78, 5) is 23.1. The number of carbonyl (C=O) groups is 2. The van der Waals surface area contributed by atoms with Gasteiger partial charge in [0.1, 0.15) is 0 Å². The molecule has 0 aromatic rings. The number of nitrogens with zero attached hydrogens (tertiary/aromatic N) is 1. The average molecular weight is 202 g/mol. The van der Waals surface area contributed by atoms with Crippen LogP contribution in [0, 0.1) is 0 Å². The largest absolute Gasteiger partial charge is 0.479 e. The van der Waals surface area contributed by atoms with Gasteiger partial charge in [-0.2, -0.15) is 0 Å². The summed E-state index contributed by atoms with van der Waals surface area (Å²) in [5.74, 6) is -1.33. The van der Waals surface area contributed by atoms with E-state index in [1.807, 2.05) is 0 Å². The van der Waals surface area contributed by atoms with Crippen LogP contribution in [0.2, 0.25) is 0 Å². The Balaban J connectivity index is 2.23. The van der Waals surface area contributed by atoms with Gasteiger partial charge < -0.3 is 20.4 Å². The number of carbonyl (C=O) groups excluding carboxylic acids is 1. The number of hydrogen-bond donors (Lipinski definition) is 3. The number of carboxylic acid groups (broad SMARTS) is 1. The Hall–Kier alpha value is -1.30. The van der Waals surface area contributed by atoms with E-state index >= 15 is 0 Å². The van der Waals surface area contributed by atoms with E-state index in [2.05, 4.69) is 5.32 Å². The second-order valence-electron chi connectivity index (χ2n) is 3.23. The van der Waals surface area contributed by atoms with Gasteiger partial charge in [-0.3, -0.25) is 0 Å². The number of nitrogens with one attached hydrogen (secondary N) is 1. The van der Waals surface area contributed by atoms with Crippen LogP contribution in [0.3, 0.4) is 0 Å². The van der Waals surface area contributed by atoms with Crippen LogP contribution >= 0.6 is 0 Å². The van der Waals surface area contributed by atoms with Gasteiger partial charge >= 0.3 is 12.0 Å². The molecule has 0 aromatic heterocycles. The van der Waals surface area contributed by atoms with Crippen molar-refractivity contribution in [3.8, 4) is 0 Å². The zero-order valence-electron chi connectivity index (χ0n) is 7.77. The third-order valence-corrected chi connectivity index (χ3v) is 2.12. The second-order valence-corrected chi connectivity index (χ2v) is 3.23. The lowest BCUT2D eigenvalue weighted by molar-refractivity contribution is -0.146. The molecule has 1 aliphatic heterocycles. The maximum atomic E-state index is 11.3. The molecule has 1 atom stereocenters. The lowest BCUT2D eigenvalue weighted by atomic mass is 10.3. The molecule has 14 heavy (non-hydrogen) atoms. The van der Waals surface area contributed by atoms with Gasteiger partial charge in [0.05, 0.1) is 6.54 Å². The van der Waals surface area contributed by atoms with Crippen molar-refractivity contribution in [2.75, 3.05) is 19.6 Å². The Morgan fingerprint density at radius 1 is 1.36 bits per heavy atom. The molecule has 6 nitrogen and oxygen atoms in total. The van der Waals surface area contributed by atoms with Crippen molar-refractivity contribution >= 4 is 12.0 Å². The topological polar surface area (TPSA) is 89.9 Å². The summed E-state index contributed by atoms with van der Waals surface area (Å²) in [5.41, 5.74) is 0. The van der Waals surface area contributed by atoms with Crippen molar-refractivity contribution < 1.29 is 19.8 Å². The number of aliphatic hydroxyl groups is 1. The van der Waals surface area contributed by atoms with Crippen molar-refractivity contribution in [1.29, 1.82) is 0 Å². The summed E-state index contributed by atoms with van der Waals surface area (Å²) in [6.07, 6.45) is 0.436. The zero-order chi connectivity index (χ0) is 10.6. The van der Waals surface area contributed by atoms with E-state index in [4.69, 9.17) is 10.2 Å². The fourth-order valence-corrected chi connectivity index (χ4v) is 1.30. The van der Waals surface area contributed by atoms with Crippen molar-refractivity contribution in [2.24, 2.45) is 0 Å². The number of likely N-dealkylation sites (tertiary alicyclic amines) is 1. The van der Waals surface area contributed by atoms with Crippen LogP contribution in [0.4, 0.5) is 4.79 Å². The Bertz CT molecular complexity index is 225. The van der Waals surface area contributed by atoms with Crippen LogP contribution in [0.5, 0.6) is 0 Å². The molecule has 2 amide bonds. The monoisotopic (exact) mass is 202 g/mol. The van der Waals surface area contributed by atoms with E-state index in [1.165, 1.54) is 0 Å². The number of rotatable bonds is 3. The molecule has 1 heterocycles. The van der Waals surface area contributed by atoms with E-state index in [9.17, 15) is 9.59 Å². The minimum absolute atomic E-state index is 0.245. The lowest BCUT2D eigenvalue weighted by Gasteiger charge is -2.16. The van der Waals surface area contributed by atoms with Crippen LogP contribution in [0.1, 0.15) is 12.8 Å². The van der Waals surface area contributed by atoms with Crippen molar-refractivity contribution in [3.63, 3.8) is 0 Å². The smallest absolute Gasteiger partial charge is 0.334 e. The molecule has 0 unspecified atom stereocenters. The summed E-state index contributed by atoms with van der Waals surface area (Å²) < 4.78 is 0. The quantitative estimate of drug-likeness (QED) is 0.561. The van der Waals surface area contributed by atoms with E-state index in [1.54, 1.807) is 4.90 Å². The van der Waals surface area contributed by atoms with Crippen LogP contribution in [0.15, 0.2) is 0 Å². The maximum Gasteiger partial charge on any atom is 0.334 e. The fourth-order valence-electron chi connectivity index (χ4n) is 1.30. The molecular weight excluding hydrogens is 188 g/mol. The fraction of sp³-hybridized carbons (Fsp3) is 0.750. The van der Waals surface area contributed by atoms with Gasteiger partial charge in [-0.15, -0.1) is 0 Å². The molecule has 6 heteroatoms. The molecule has 0 bridgehead atoms. The highest BCUT2D eigenvalue weighted by Crippen LogP contribution is 2.06. The zero-order valence-corrected chi connectivity index (χ0v) is 7.77. The van der Waals surface area contributed by atoms with E-state index in [-0.39, 0.29) is 12.6 Å². The number of carboxylic acids is 1. The molecule has 0 radical (unpaired) electrons. The molecular formula is C8H14N2O4. The predicted molar refractivity (Wildman–Crippen MR) is 47.8 cm³/mol. The summed E-state index contributed by atoms with van der Waals surface area (Å²) in [6.45, 7) is 1.16. The molecule has 1 rings (SSSR count). The number of urea groups is 1. The van der Waals surface area contributed by atoms with Gasteiger partial charge in [0.25, 0.3) is 0 Å². The van der Waals surface area contributed by atoms with Crippen molar-refractivity contribution in [3.05, 3.63) is 0 Å². The minimum atomic E-state index is -1.53. The normalized spacial score (nSPS) is 17.9. The highest BCUT2D eigenvalue weighted by Gasteiger charge is 2.19. The Labute approximate surface area is 81.5 Å². The molecule has 0 aromatic carbocycles. The number of aliphatic hydroxyl groups excluding tert-OH is 1. The maximum absolute atomic E-state index is 11.3. The van der Waals surface area contributed by atoms with Gasteiger partial charge in [0, 0.05) is 13.1 Å². The van der Waals surface area contributed by atoms with Gasteiger partial charge in [-0.05, 0) is 12.8 Å². The summed E-state index contributed by atoms with van der Waals surface area (Å²) in [5, 5.41) is 19.6. The number of aliphatic carboxylic acids is 1. The first-order valence-electron chi connectivity index (χ1n) is 4.55. The highest BCUT2D eigenvalue weighted by molar-refractivity contribution is 5.76. The van der Waals surface area contributed by atoms with Crippen LogP contribution in [-0.4, -0.2) is 52.9 Å². The van der Waals surface area contributed by atoms with Crippen LogP contribution in [-0.2, 0) is 4.79 Å². The van der Waals surface area contributed by atoms with Crippen molar-refractivity contribution in [2.45, 2.75) is 18.9 Å². The van der Waals surface area contributed by atoms with Crippen molar-refractivity contribution in [1.82, 2.24) is 10.2 Å². The van der Waals surface area contributed by atoms with Gasteiger partial charge in [-0.1, -0.05) is 0 Å². The van der Waals surface area contributed by atoms with Gasteiger partial charge in [0.15, 0.2) is 6.10 Å². The third kappa shape index (κ3) is 2.88. The SMILES string of the molecule is O=C(O)[C@@H](O)CNC(=O)N1CCCC1. The second kappa shape index (κ2) is 4.80. The van der Waals surface area contributed by atoms with E-state index in [0.717, 1.165) is 12.8 Å². The Kier molecular flexibility index (Phi) is 3.70. The molecule has 3 N–H and O–H groups in total. The Morgan fingerprint density at radius 3 is 2.43 bits per heavy atom. The Morgan fingerprint density at radius 2 is 1.93 bits per heavy atom. The third-order valence-electron chi connectivity index (χ3n) is 2.12. The molecule has 0 aliphatic carbocycles. The number of hydrogen-bond acceptors (Lipinski definition) is 3. The van der Waals surface area contributed by atoms with Gasteiger partial charge in [0.2, 0.25) is 0 Å². The first-order valence-corrected chi connectivity index (χ1v) is 4.55. The first kappa shape index (κ1) is 10.8. The molecule has 0 saturated carbocycles. The van der Waals surface area contributed by atoms with Gasteiger partial charge in [-0.25, -0.2) is 9.59 Å². The minimum Gasteiger partial charge on any atom is -0.479 e. The average Bonchev–Trinajstić information content (AvgIpc) is 2.66. The molecule has 1 aliphatic rings. The summed E-state index contributed by atoms with van der Waals surface area (Å²) in [6, 6.07) is -0.303. The highest BCUT2D eigenvalue weighted by atomic mass is 16.4. The first-order chi connectivity index (χ1) is 6.61. The standard InChI is InChI=1S/C8H14N2O4/c11-6(7(12)13)5-9-8(14)10-3-1-2-4-10/h6,11H,1-5H2,(H,9,14)(H,12,13)/t6-/m0/s1. The predicted octanol–water partition coefficient (Wildman–Crippen LogP) is -0.763. The molecule has 1 saturated heterocycles. The van der Waals surface area contributed by atoms with Crippen LogP contribution < -0.4 is 5.32 Å².